The Hall–Kier alpha value is -1.87. The van der Waals surface area contributed by atoms with Crippen molar-refractivity contribution in [3.8, 4) is 11.5 Å². The average molecular weight is 248 g/mol. The maximum absolute atomic E-state index is 5.92. The summed E-state index contributed by atoms with van der Waals surface area (Å²) < 4.78 is 10.6. The number of fused-ring (bicyclic) bond motifs is 1. The lowest BCUT2D eigenvalue weighted by atomic mass is 10.2. The molecule has 2 aromatic rings. The molecule has 0 aliphatic carbocycles. The maximum Gasteiger partial charge on any atom is 0.231 e. The number of hydrogen-bond acceptors (Lipinski definition) is 3. The van der Waals surface area contributed by atoms with Crippen molar-refractivity contribution in [2.24, 2.45) is 0 Å². The molecular weight excluding hydrogens is 238 g/mol. The maximum atomic E-state index is 5.92. The molecule has 1 heterocycles. The highest BCUT2D eigenvalue weighted by molar-refractivity contribution is 6.30. The summed E-state index contributed by atoms with van der Waals surface area (Å²) in [5.41, 5.74) is 1.88. The molecule has 0 atom stereocenters. The fraction of sp³-hybridized carbons (Fsp3) is 0.0769. The van der Waals surface area contributed by atoms with Gasteiger partial charge in [-0.2, -0.15) is 0 Å². The highest BCUT2D eigenvalue weighted by Gasteiger charge is 2.12. The van der Waals surface area contributed by atoms with Gasteiger partial charge in [0.05, 0.1) is 0 Å². The molecule has 0 radical (unpaired) electrons. The number of nitrogens with one attached hydrogen (secondary N) is 1. The fourth-order valence-corrected chi connectivity index (χ4v) is 1.90. The van der Waals surface area contributed by atoms with Crippen LogP contribution >= 0.6 is 11.6 Å². The van der Waals surface area contributed by atoms with Crippen molar-refractivity contribution < 1.29 is 9.47 Å². The third kappa shape index (κ3) is 2.15. The lowest BCUT2D eigenvalue weighted by molar-refractivity contribution is 0.174. The summed E-state index contributed by atoms with van der Waals surface area (Å²) in [5, 5.41) is 3.96. The van der Waals surface area contributed by atoms with Crippen LogP contribution in [-0.2, 0) is 0 Å². The van der Waals surface area contributed by atoms with Crippen LogP contribution in [-0.4, -0.2) is 6.79 Å². The van der Waals surface area contributed by atoms with Gasteiger partial charge in [-0.25, -0.2) is 0 Å². The van der Waals surface area contributed by atoms with Crippen LogP contribution in [0.3, 0.4) is 0 Å². The number of hydrogen-bond donors (Lipinski definition) is 1. The summed E-state index contributed by atoms with van der Waals surface area (Å²) in [5.74, 6) is 1.54. The Kier molecular flexibility index (Phi) is 2.53. The van der Waals surface area contributed by atoms with E-state index in [1.165, 1.54) is 0 Å². The molecule has 0 aromatic heterocycles. The molecule has 3 rings (SSSR count). The second kappa shape index (κ2) is 4.18. The molecule has 1 aliphatic rings. The van der Waals surface area contributed by atoms with Crippen molar-refractivity contribution in [2.45, 2.75) is 0 Å². The highest BCUT2D eigenvalue weighted by atomic mass is 35.5. The van der Waals surface area contributed by atoms with E-state index in [9.17, 15) is 0 Å². The molecule has 2 aromatic carbocycles. The summed E-state index contributed by atoms with van der Waals surface area (Å²) in [4.78, 5) is 0. The van der Waals surface area contributed by atoms with Crippen LogP contribution in [0.15, 0.2) is 42.5 Å². The van der Waals surface area contributed by atoms with Gasteiger partial charge in [0.25, 0.3) is 0 Å². The van der Waals surface area contributed by atoms with Crippen LogP contribution < -0.4 is 14.8 Å². The molecule has 0 saturated carbocycles. The Balaban J connectivity index is 1.86. The van der Waals surface area contributed by atoms with Crippen molar-refractivity contribution in [3.63, 3.8) is 0 Å². The van der Waals surface area contributed by atoms with Gasteiger partial charge in [0, 0.05) is 22.5 Å². The smallest absolute Gasteiger partial charge is 0.231 e. The molecular formula is C13H10ClNO2. The quantitative estimate of drug-likeness (QED) is 0.875. The standard InChI is InChI=1S/C13H10ClNO2/c14-9-2-1-3-10(6-9)15-11-4-5-12-13(7-11)17-8-16-12/h1-7,15H,8H2. The Morgan fingerprint density at radius 3 is 2.65 bits per heavy atom. The van der Waals surface area contributed by atoms with Crippen LogP contribution in [0.1, 0.15) is 0 Å². The van der Waals surface area contributed by atoms with Gasteiger partial charge >= 0.3 is 0 Å². The molecule has 0 saturated heterocycles. The predicted octanol–water partition coefficient (Wildman–Crippen LogP) is 3.81. The van der Waals surface area contributed by atoms with Crippen LogP contribution in [0, 0.1) is 0 Å². The van der Waals surface area contributed by atoms with Gasteiger partial charge in [0.1, 0.15) is 0 Å². The van der Waals surface area contributed by atoms with E-state index >= 15 is 0 Å². The molecule has 0 unspecified atom stereocenters. The predicted molar refractivity (Wildman–Crippen MR) is 67.3 cm³/mol. The Bertz CT molecular complexity index is 557. The largest absolute Gasteiger partial charge is 0.454 e. The van der Waals surface area contributed by atoms with Crippen molar-refractivity contribution in [1.82, 2.24) is 0 Å². The average Bonchev–Trinajstić information content (AvgIpc) is 2.76. The van der Waals surface area contributed by atoms with Gasteiger partial charge in [-0.1, -0.05) is 17.7 Å². The first-order chi connectivity index (χ1) is 8.31. The third-order valence-corrected chi connectivity index (χ3v) is 2.72. The van der Waals surface area contributed by atoms with E-state index in [1.807, 2.05) is 42.5 Å². The van der Waals surface area contributed by atoms with E-state index in [-0.39, 0.29) is 6.79 Å². The molecule has 0 spiro atoms. The number of benzene rings is 2. The summed E-state index contributed by atoms with van der Waals surface area (Å²) in [6.45, 7) is 0.288. The van der Waals surface area contributed by atoms with Gasteiger partial charge in [-0.3, -0.25) is 0 Å². The molecule has 0 fully saturated rings. The molecule has 1 aliphatic heterocycles. The van der Waals surface area contributed by atoms with E-state index in [1.54, 1.807) is 0 Å². The van der Waals surface area contributed by atoms with Crippen molar-refractivity contribution >= 4 is 23.0 Å². The zero-order valence-corrected chi connectivity index (χ0v) is 9.70. The minimum absolute atomic E-state index is 0.288. The van der Waals surface area contributed by atoms with E-state index in [4.69, 9.17) is 21.1 Å². The lowest BCUT2D eigenvalue weighted by Gasteiger charge is -2.07. The SMILES string of the molecule is Clc1cccc(Nc2ccc3c(c2)OCO3)c1. The minimum atomic E-state index is 0.288. The van der Waals surface area contributed by atoms with Crippen LogP contribution in [0.25, 0.3) is 0 Å². The first-order valence-corrected chi connectivity index (χ1v) is 5.61. The molecule has 86 valence electrons. The third-order valence-electron chi connectivity index (χ3n) is 2.49. The lowest BCUT2D eigenvalue weighted by Crippen LogP contribution is -1.93. The van der Waals surface area contributed by atoms with Crippen molar-refractivity contribution in [3.05, 3.63) is 47.5 Å². The number of ether oxygens (including phenoxy) is 2. The molecule has 4 heteroatoms. The second-order valence-corrected chi connectivity index (χ2v) is 4.14. The Labute approximate surface area is 104 Å². The fourth-order valence-electron chi connectivity index (χ4n) is 1.71. The zero-order valence-electron chi connectivity index (χ0n) is 8.94. The van der Waals surface area contributed by atoms with E-state index in [0.717, 1.165) is 22.9 Å². The highest BCUT2D eigenvalue weighted by Crippen LogP contribution is 2.35. The summed E-state index contributed by atoms with van der Waals surface area (Å²) >= 11 is 5.92. The number of anilines is 2. The number of rotatable bonds is 2. The molecule has 17 heavy (non-hydrogen) atoms. The van der Waals surface area contributed by atoms with Crippen LogP contribution in [0.2, 0.25) is 5.02 Å². The van der Waals surface area contributed by atoms with Gasteiger partial charge in [0.2, 0.25) is 6.79 Å². The summed E-state index contributed by atoms with van der Waals surface area (Å²) in [6, 6.07) is 13.3. The normalized spacial score (nSPS) is 12.5. The summed E-state index contributed by atoms with van der Waals surface area (Å²) in [6.07, 6.45) is 0. The molecule has 0 bridgehead atoms. The topological polar surface area (TPSA) is 30.5 Å². The van der Waals surface area contributed by atoms with Gasteiger partial charge < -0.3 is 14.8 Å². The zero-order chi connectivity index (χ0) is 11.7. The van der Waals surface area contributed by atoms with E-state index in [0.29, 0.717) is 5.02 Å². The summed E-state index contributed by atoms with van der Waals surface area (Å²) in [7, 11) is 0. The monoisotopic (exact) mass is 247 g/mol. The molecule has 3 nitrogen and oxygen atoms in total. The van der Waals surface area contributed by atoms with Gasteiger partial charge in [0.15, 0.2) is 11.5 Å². The Morgan fingerprint density at radius 1 is 0.941 bits per heavy atom. The minimum Gasteiger partial charge on any atom is -0.454 e. The van der Waals surface area contributed by atoms with E-state index in [2.05, 4.69) is 5.32 Å². The van der Waals surface area contributed by atoms with Crippen molar-refractivity contribution in [1.29, 1.82) is 0 Å². The first kappa shape index (κ1) is 10.3. The molecule has 0 amide bonds. The van der Waals surface area contributed by atoms with Crippen molar-refractivity contribution in [2.75, 3.05) is 12.1 Å². The van der Waals surface area contributed by atoms with Gasteiger partial charge in [-0.15, -0.1) is 0 Å². The second-order valence-electron chi connectivity index (χ2n) is 3.70. The Morgan fingerprint density at radius 2 is 1.76 bits per heavy atom. The first-order valence-electron chi connectivity index (χ1n) is 5.23. The number of halogens is 1. The van der Waals surface area contributed by atoms with Crippen LogP contribution in [0.5, 0.6) is 11.5 Å². The van der Waals surface area contributed by atoms with Gasteiger partial charge in [-0.05, 0) is 30.3 Å². The van der Waals surface area contributed by atoms with Crippen LogP contribution in [0.4, 0.5) is 11.4 Å². The molecule has 1 N–H and O–H groups in total. The van der Waals surface area contributed by atoms with E-state index < -0.39 is 0 Å².